The summed E-state index contributed by atoms with van der Waals surface area (Å²) in [6.45, 7) is 1.84. The number of hydrogen-bond donors (Lipinski definition) is 2. The molecule has 0 aliphatic rings. The molecule has 2 amide bonds. The Morgan fingerprint density at radius 3 is 2.30 bits per heavy atom. The highest BCUT2D eigenvalue weighted by Crippen LogP contribution is 2.41. The molecule has 0 atom stereocenters. The fraction of sp³-hybridized carbons (Fsp3) is 0.133. The second kappa shape index (κ2) is 6.41. The number of nitrogens with two attached hydrogens (primary N) is 1. The van der Waals surface area contributed by atoms with E-state index in [1.165, 1.54) is 0 Å². The zero-order valence-electron chi connectivity index (χ0n) is 12.0. The largest absolute Gasteiger partial charge is 0.506 e. The van der Waals surface area contributed by atoms with E-state index in [9.17, 15) is 23.1 Å². The standard InChI is InChI=1S/C15H13F3N2O2S/c1-9-2-4-10(5-3-9)20(14(19)22)12-8-11(6-7-13(12)21)23-15(16,17)18/h2-8,21H,1H3,(H2,19,22). The first-order valence-corrected chi connectivity index (χ1v) is 7.24. The van der Waals surface area contributed by atoms with E-state index in [2.05, 4.69) is 0 Å². The number of rotatable bonds is 3. The van der Waals surface area contributed by atoms with Gasteiger partial charge in [-0.3, -0.25) is 4.90 Å². The van der Waals surface area contributed by atoms with Crippen LogP contribution in [0.5, 0.6) is 5.75 Å². The first kappa shape index (κ1) is 17.0. The van der Waals surface area contributed by atoms with Crippen molar-refractivity contribution in [1.82, 2.24) is 0 Å². The predicted octanol–water partition coefficient (Wildman–Crippen LogP) is 4.53. The third kappa shape index (κ3) is 4.32. The number of phenolic OH excluding ortho intramolecular Hbond substituents is 1. The molecule has 0 radical (unpaired) electrons. The van der Waals surface area contributed by atoms with Gasteiger partial charge in [-0.2, -0.15) is 13.2 Å². The van der Waals surface area contributed by atoms with Crippen molar-refractivity contribution in [3.63, 3.8) is 0 Å². The molecule has 0 aromatic heterocycles. The molecule has 0 heterocycles. The van der Waals surface area contributed by atoms with Gasteiger partial charge in [0.15, 0.2) is 0 Å². The maximum absolute atomic E-state index is 12.5. The van der Waals surface area contributed by atoms with Gasteiger partial charge in [0.1, 0.15) is 5.75 Å². The average molecular weight is 342 g/mol. The van der Waals surface area contributed by atoms with Crippen molar-refractivity contribution in [3.05, 3.63) is 48.0 Å². The van der Waals surface area contributed by atoms with Crippen molar-refractivity contribution in [1.29, 1.82) is 0 Å². The number of amides is 2. The van der Waals surface area contributed by atoms with E-state index >= 15 is 0 Å². The summed E-state index contributed by atoms with van der Waals surface area (Å²) < 4.78 is 37.5. The number of nitrogens with zero attached hydrogens (tertiary/aromatic N) is 1. The molecule has 4 nitrogen and oxygen atoms in total. The van der Waals surface area contributed by atoms with Gasteiger partial charge in [0, 0.05) is 4.90 Å². The van der Waals surface area contributed by atoms with Gasteiger partial charge in [0.2, 0.25) is 0 Å². The van der Waals surface area contributed by atoms with Crippen molar-refractivity contribution >= 4 is 29.2 Å². The zero-order valence-corrected chi connectivity index (χ0v) is 12.8. The molecule has 3 N–H and O–H groups in total. The van der Waals surface area contributed by atoms with Crippen molar-refractivity contribution in [2.75, 3.05) is 4.90 Å². The third-order valence-electron chi connectivity index (χ3n) is 2.93. The number of anilines is 2. The number of alkyl halides is 3. The lowest BCUT2D eigenvalue weighted by Crippen LogP contribution is -2.31. The number of aryl methyl sites for hydroxylation is 1. The van der Waals surface area contributed by atoms with Crippen molar-refractivity contribution in [2.45, 2.75) is 17.3 Å². The van der Waals surface area contributed by atoms with Crippen LogP contribution in [0.4, 0.5) is 29.3 Å². The van der Waals surface area contributed by atoms with Crippen LogP contribution < -0.4 is 10.6 Å². The number of halogens is 3. The van der Waals surface area contributed by atoms with Gasteiger partial charge in [-0.15, -0.1) is 0 Å². The van der Waals surface area contributed by atoms with Crippen LogP contribution in [0.2, 0.25) is 0 Å². The summed E-state index contributed by atoms with van der Waals surface area (Å²) in [7, 11) is 0. The predicted molar refractivity (Wildman–Crippen MR) is 82.9 cm³/mol. The SMILES string of the molecule is Cc1ccc(N(C(N)=O)c2cc(SC(F)(F)F)ccc2O)cc1. The molecule has 0 saturated heterocycles. The first-order valence-electron chi connectivity index (χ1n) is 6.42. The molecule has 2 aromatic rings. The van der Waals surface area contributed by atoms with Crippen LogP contribution in [0.1, 0.15) is 5.56 Å². The summed E-state index contributed by atoms with van der Waals surface area (Å²) in [4.78, 5) is 12.5. The summed E-state index contributed by atoms with van der Waals surface area (Å²) >= 11 is -0.340. The molecular formula is C15H13F3N2O2S. The number of carbonyl (C=O) groups excluding carboxylic acids is 1. The Labute approximate surface area is 134 Å². The first-order chi connectivity index (χ1) is 10.7. The molecule has 0 aliphatic heterocycles. The minimum absolute atomic E-state index is 0.115. The highest BCUT2D eigenvalue weighted by molar-refractivity contribution is 8.00. The number of benzene rings is 2. The topological polar surface area (TPSA) is 66.6 Å². The number of thioether (sulfide) groups is 1. The quantitative estimate of drug-likeness (QED) is 0.806. The molecule has 122 valence electrons. The molecule has 0 aliphatic carbocycles. The van der Waals surface area contributed by atoms with Crippen LogP contribution in [-0.4, -0.2) is 16.6 Å². The maximum atomic E-state index is 12.5. The van der Waals surface area contributed by atoms with E-state index in [-0.39, 0.29) is 28.1 Å². The number of urea groups is 1. The van der Waals surface area contributed by atoms with E-state index in [1.807, 2.05) is 6.92 Å². The fourth-order valence-electron chi connectivity index (χ4n) is 1.96. The van der Waals surface area contributed by atoms with Crippen LogP contribution in [-0.2, 0) is 0 Å². The fourth-order valence-corrected chi connectivity index (χ4v) is 2.53. The monoisotopic (exact) mass is 342 g/mol. The summed E-state index contributed by atoms with van der Waals surface area (Å²) in [5.41, 5.74) is 2.01. The average Bonchev–Trinajstić information content (AvgIpc) is 2.43. The summed E-state index contributed by atoms with van der Waals surface area (Å²) in [6.07, 6.45) is 0. The summed E-state index contributed by atoms with van der Waals surface area (Å²) in [5, 5.41) is 9.93. The Balaban J connectivity index is 2.48. The van der Waals surface area contributed by atoms with Gasteiger partial charge in [-0.05, 0) is 49.0 Å². The van der Waals surface area contributed by atoms with Crippen molar-refractivity contribution < 1.29 is 23.1 Å². The molecule has 0 spiro atoms. The Morgan fingerprint density at radius 2 is 1.78 bits per heavy atom. The molecule has 8 heteroatoms. The molecule has 0 saturated carbocycles. The maximum Gasteiger partial charge on any atom is 0.446 e. The lowest BCUT2D eigenvalue weighted by Gasteiger charge is -2.22. The number of phenols is 1. The number of carbonyl (C=O) groups is 1. The van der Waals surface area contributed by atoms with Crippen molar-refractivity contribution in [2.24, 2.45) is 5.73 Å². The number of hydrogen-bond acceptors (Lipinski definition) is 3. The smallest absolute Gasteiger partial charge is 0.446 e. The van der Waals surface area contributed by atoms with Crippen LogP contribution >= 0.6 is 11.8 Å². The molecule has 2 aromatic carbocycles. The third-order valence-corrected chi connectivity index (χ3v) is 3.66. The Bertz CT molecular complexity index is 718. The molecule has 0 bridgehead atoms. The number of aromatic hydroxyl groups is 1. The van der Waals surface area contributed by atoms with E-state index in [0.29, 0.717) is 5.69 Å². The second-order valence-electron chi connectivity index (χ2n) is 4.71. The lowest BCUT2D eigenvalue weighted by atomic mass is 10.2. The van der Waals surface area contributed by atoms with Crippen LogP contribution in [0, 0.1) is 6.92 Å². The highest BCUT2D eigenvalue weighted by Gasteiger charge is 2.30. The molecule has 2 rings (SSSR count). The molecule has 23 heavy (non-hydrogen) atoms. The van der Waals surface area contributed by atoms with Gasteiger partial charge in [-0.25, -0.2) is 4.79 Å². The van der Waals surface area contributed by atoms with Gasteiger partial charge < -0.3 is 10.8 Å². The number of primary amides is 1. The van der Waals surface area contributed by atoms with Crippen LogP contribution in [0.15, 0.2) is 47.4 Å². The van der Waals surface area contributed by atoms with Crippen LogP contribution in [0.3, 0.4) is 0 Å². The van der Waals surface area contributed by atoms with E-state index in [1.54, 1.807) is 24.3 Å². The molecule has 0 fully saturated rings. The summed E-state index contributed by atoms with van der Waals surface area (Å²) in [5.74, 6) is -0.351. The van der Waals surface area contributed by atoms with Gasteiger partial charge >= 0.3 is 11.5 Å². The van der Waals surface area contributed by atoms with E-state index < -0.39 is 11.5 Å². The second-order valence-corrected chi connectivity index (χ2v) is 5.85. The van der Waals surface area contributed by atoms with Crippen molar-refractivity contribution in [3.8, 4) is 5.75 Å². The summed E-state index contributed by atoms with van der Waals surface area (Å²) in [6, 6.07) is 8.97. The minimum atomic E-state index is -4.48. The molecular weight excluding hydrogens is 329 g/mol. The van der Waals surface area contributed by atoms with Crippen LogP contribution in [0.25, 0.3) is 0 Å². The Kier molecular flexibility index (Phi) is 4.74. The van der Waals surface area contributed by atoms with E-state index in [0.717, 1.165) is 28.7 Å². The Morgan fingerprint density at radius 1 is 1.17 bits per heavy atom. The molecule has 0 unspecified atom stereocenters. The normalized spacial score (nSPS) is 11.3. The van der Waals surface area contributed by atoms with Gasteiger partial charge in [-0.1, -0.05) is 17.7 Å². The zero-order chi connectivity index (χ0) is 17.2. The Hall–Kier alpha value is -2.35. The lowest BCUT2D eigenvalue weighted by molar-refractivity contribution is -0.0328. The highest BCUT2D eigenvalue weighted by atomic mass is 32.2. The van der Waals surface area contributed by atoms with Gasteiger partial charge in [0.25, 0.3) is 0 Å². The minimum Gasteiger partial charge on any atom is -0.506 e. The van der Waals surface area contributed by atoms with E-state index in [4.69, 9.17) is 5.73 Å². The van der Waals surface area contributed by atoms with Gasteiger partial charge in [0.05, 0.1) is 11.4 Å².